The SMILES string of the molecule is NCC#Cc1ccc(C(=O)N2CCOCC2)c(F)c1. The predicted octanol–water partition coefficient (Wildman–Crippen LogP) is 0.608. The van der Waals surface area contributed by atoms with Crippen LogP contribution in [0.2, 0.25) is 0 Å². The Hall–Kier alpha value is -1.90. The van der Waals surface area contributed by atoms with E-state index in [2.05, 4.69) is 11.8 Å². The lowest BCUT2D eigenvalue weighted by Crippen LogP contribution is -2.41. The van der Waals surface area contributed by atoms with Gasteiger partial charge in [0.2, 0.25) is 0 Å². The summed E-state index contributed by atoms with van der Waals surface area (Å²) in [5, 5.41) is 0. The molecule has 100 valence electrons. The number of amides is 1. The van der Waals surface area contributed by atoms with Crippen molar-refractivity contribution in [3.63, 3.8) is 0 Å². The largest absolute Gasteiger partial charge is 0.378 e. The highest BCUT2D eigenvalue weighted by atomic mass is 19.1. The molecule has 1 fully saturated rings. The number of nitrogens with two attached hydrogens (primary N) is 1. The normalized spacial score (nSPS) is 14.7. The van der Waals surface area contributed by atoms with Crippen LogP contribution < -0.4 is 5.73 Å². The van der Waals surface area contributed by atoms with Gasteiger partial charge in [-0.25, -0.2) is 4.39 Å². The maximum absolute atomic E-state index is 13.9. The van der Waals surface area contributed by atoms with Crippen LogP contribution in [0, 0.1) is 17.7 Å². The number of nitrogens with zero attached hydrogens (tertiary/aromatic N) is 1. The number of carbonyl (C=O) groups excluding carboxylic acids is 1. The van der Waals surface area contributed by atoms with E-state index in [1.54, 1.807) is 11.0 Å². The molecule has 0 spiro atoms. The van der Waals surface area contributed by atoms with E-state index in [1.165, 1.54) is 12.1 Å². The van der Waals surface area contributed by atoms with Crippen LogP contribution in [0.15, 0.2) is 18.2 Å². The lowest BCUT2D eigenvalue weighted by atomic mass is 10.1. The predicted molar refractivity (Wildman–Crippen MR) is 69.1 cm³/mol. The van der Waals surface area contributed by atoms with Gasteiger partial charge in [-0.15, -0.1) is 0 Å². The molecule has 0 bridgehead atoms. The van der Waals surface area contributed by atoms with Crippen molar-refractivity contribution in [1.82, 2.24) is 4.90 Å². The molecule has 19 heavy (non-hydrogen) atoms. The van der Waals surface area contributed by atoms with Gasteiger partial charge in [-0.2, -0.15) is 0 Å². The molecule has 2 N–H and O–H groups in total. The lowest BCUT2D eigenvalue weighted by Gasteiger charge is -2.27. The number of ether oxygens (including phenoxy) is 1. The zero-order chi connectivity index (χ0) is 13.7. The van der Waals surface area contributed by atoms with Crippen LogP contribution in [0.3, 0.4) is 0 Å². The topological polar surface area (TPSA) is 55.6 Å². The highest BCUT2D eigenvalue weighted by molar-refractivity contribution is 5.94. The Morgan fingerprint density at radius 3 is 2.79 bits per heavy atom. The smallest absolute Gasteiger partial charge is 0.256 e. The highest BCUT2D eigenvalue weighted by Gasteiger charge is 2.21. The molecule has 0 radical (unpaired) electrons. The molecule has 2 rings (SSSR count). The number of halogens is 1. The van der Waals surface area contributed by atoms with Crippen molar-refractivity contribution in [3.8, 4) is 11.8 Å². The molecular formula is C14H15FN2O2. The average Bonchev–Trinajstić information content (AvgIpc) is 2.45. The Kier molecular flexibility index (Phi) is 4.50. The van der Waals surface area contributed by atoms with Crippen molar-refractivity contribution in [2.45, 2.75) is 0 Å². The molecule has 0 aromatic heterocycles. The van der Waals surface area contributed by atoms with Crippen LogP contribution in [0.1, 0.15) is 15.9 Å². The molecule has 5 heteroatoms. The van der Waals surface area contributed by atoms with Gasteiger partial charge in [-0.1, -0.05) is 11.8 Å². The summed E-state index contributed by atoms with van der Waals surface area (Å²) in [5.41, 5.74) is 5.83. The zero-order valence-electron chi connectivity index (χ0n) is 10.5. The summed E-state index contributed by atoms with van der Waals surface area (Å²) in [6.45, 7) is 2.19. The maximum Gasteiger partial charge on any atom is 0.256 e. The first-order valence-corrected chi connectivity index (χ1v) is 6.08. The maximum atomic E-state index is 13.9. The second-order valence-electron chi connectivity index (χ2n) is 4.11. The first kappa shape index (κ1) is 13.5. The minimum absolute atomic E-state index is 0.0696. The fraction of sp³-hybridized carbons (Fsp3) is 0.357. The summed E-state index contributed by atoms with van der Waals surface area (Å²) < 4.78 is 19.1. The first-order chi connectivity index (χ1) is 9.22. The van der Waals surface area contributed by atoms with Crippen LogP contribution in [0.25, 0.3) is 0 Å². The third-order valence-electron chi connectivity index (χ3n) is 2.83. The summed E-state index contributed by atoms with van der Waals surface area (Å²) >= 11 is 0. The van der Waals surface area contributed by atoms with E-state index in [0.29, 0.717) is 31.9 Å². The monoisotopic (exact) mass is 262 g/mol. The van der Waals surface area contributed by atoms with E-state index in [-0.39, 0.29) is 18.0 Å². The molecule has 1 aliphatic heterocycles. The van der Waals surface area contributed by atoms with Gasteiger partial charge in [0, 0.05) is 18.7 Å². The van der Waals surface area contributed by atoms with E-state index >= 15 is 0 Å². The summed E-state index contributed by atoms with van der Waals surface area (Å²) in [6, 6.07) is 4.35. The van der Waals surface area contributed by atoms with Gasteiger partial charge in [-0.3, -0.25) is 4.79 Å². The van der Waals surface area contributed by atoms with Gasteiger partial charge in [-0.05, 0) is 18.2 Å². The Bertz CT molecular complexity index is 528. The van der Waals surface area contributed by atoms with Gasteiger partial charge in [0.25, 0.3) is 5.91 Å². The standard InChI is InChI=1S/C14H15FN2O2/c15-13-10-11(2-1-5-16)3-4-12(13)14(18)17-6-8-19-9-7-17/h3-4,10H,5-9,16H2. The fourth-order valence-corrected chi connectivity index (χ4v) is 1.86. The molecule has 1 saturated heterocycles. The van der Waals surface area contributed by atoms with E-state index in [0.717, 1.165) is 0 Å². The molecule has 1 aromatic carbocycles. The minimum Gasteiger partial charge on any atom is -0.378 e. The van der Waals surface area contributed by atoms with Crippen molar-refractivity contribution >= 4 is 5.91 Å². The minimum atomic E-state index is -0.555. The van der Waals surface area contributed by atoms with Crippen molar-refractivity contribution in [2.24, 2.45) is 5.73 Å². The first-order valence-electron chi connectivity index (χ1n) is 6.08. The van der Waals surface area contributed by atoms with Gasteiger partial charge < -0.3 is 15.4 Å². The summed E-state index contributed by atoms with van der Waals surface area (Å²) in [5.74, 6) is 4.51. The molecule has 1 aliphatic rings. The molecule has 0 aliphatic carbocycles. The molecule has 1 heterocycles. The number of hydrogen-bond donors (Lipinski definition) is 1. The van der Waals surface area contributed by atoms with Crippen LogP contribution in [-0.4, -0.2) is 43.7 Å². The van der Waals surface area contributed by atoms with Crippen LogP contribution in [-0.2, 0) is 4.74 Å². The van der Waals surface area contributed by atoms with Crippen molar-refractivity contribution in [3.05, 3.63) is 35.1 Å². The van der Waals surface area contributed by atoms with Crippen LogP contribution in [0.4, 0.5) is 4.39 Å². The van der Waals surface area contributed by atoms with Gasteiger partial charge in [0.05, 0.1) is 25.3 Å². The highest BCUT2D eigenvalue weighted by Crippen LogP contribution is 2.13. The van der Waals surface area contributed by atoms with Crippen molar-refractivity contribution in [2.75, 3.05) is 32.8 Å². The molecule has 0 unspecified atom stereocenters. The van der Waals surface area contributed by atoms with Crippen LogP contribution in [0.5, 0.6) is 0 Å². The molecule has 0 atom stereocenters. The van der Waals surface area contributed by atoms with Gasteiger partial charge in [0.1, 0.15) is 5.82 Å². The molecule has 1 aromatic rings. The average molecular weight is 262 g/mol. The molecule has 1 amide bonds. The Balaban J connectivity index is 2.18. The van der Waals surface area contributed by atoms with E-state index in [4.69, 9.17) is 10.5 Å². The molecular weight excluding hydrogens is 247 g/mol. The Labute approximate surface area is 111 Å². The van der Waals surface area contributed by atoms with Crippen LogP contribution >= 0.6 is 0 Å². The summed E-state index contributed by atoms with van der Waals surface area (Å²) in [4.78, 5) is 13.7. The van der Waals surface area contributed by atoms with E-state index in [1.807, 2.05) is 0 Å². The molecule has 4 nitrogen and oxygen atoms in total. The van der Waals surface area contributed by atoms with Gasteiger partial charge >= 0.3 is 0 Å². The number of morpholine rings is 1. The third kappa shape index (κ3) is 3.31. The fourth-order valence-electron chi connectivity index (χ4n) is 1.86. The number of hydrogen-bond acceptors (Lipinski definition) is 3. The lowest BCUT2D eigenvalue weighted by molar-refractivity contribution is 0.0300. The number of benzene rings is 1. The summed E-state index contributed by atoms with van der Waals surface area (Å²) in [7, 11) is 0. The number of rotatable bonds is 1. The van der Waals surface area contributed by atoms with E-state index in [9.17, 15) is 9.18 Å². The number of carbonyl (C=O) groups is 1. The summed E-state index contributed by atoms with van der Waals surface area (Å²) in [6.07, 6.45) is 0. The molecule has 0 saturated carbocycles. The Morgan fingerprint density at radius 1 is 1.42 bits per heavy atom. The van der Waals surface area contributed by atoms with E-state index < -0.39 is 5.82 Å². The third-order valence-corrected chi connectivity index (χ3v) is 2.83. The van der Waals surface area contributed by atoms with Crippen molar-refractivity contribution < 1.29 is 13.9 Å². The zero-order valence-corrected chi connectivity index (χ0v) is 10.5. The quantitative estimate of drug-likeness (QED) is 0.754. The van der Waals surface area contributed by atoms with Crippen molar-refractivity contribution in [1.29, 1.82) is 0 Å². The second kappa shape index (κ2) is 6.32. The van der Waals surface area contributed by atoms with Gasteiger partial charge in [0.15, 0.2) is 0 Å². The second-order valence-corrected chi connectivity index (χ2v) is 4.11. The Morgan fingerprint density at radius 2 is 2.16 bits per heavy atom.